The lowest BCUT2D eigenvalue weighted by atomic mass is 9.99. The Labute approximate surface area is 111 Å². The number of hydrogen-bond donors (Lipinski definition) is 0. The van der Waals surface area contributed by atoms with Crippen LogP contribution in [0.25, 0.3) is 0 Å². The van der Waals surface area contributed by atoms with Crippen LogP contribution in [0.4, 0.5) is 0 Å². The van der Waals surface area contributed by atoms with Crippen LogP contribution in [0.15, 0.2) is 42.5 Å². The van der Waals surface area contributed by atoms with Crippen LogP contribution in [0.2, 0.25) is 5.02 Å². The van der Waals surface area contributed by atoms with Crippen LogP contribution < -0.4 is 4.74 Å². The third-order valence-corrected chi connectivity index (χ3v) is 3.04. The topological polar surface area (TPSA) is 26.3 Å². The first-order valence-electron chi connectivity index (χ1n) is 5.56. The molecule has 0 N–H and O–H groups in total. The van der Waals surface area contributed by atoms with Crippen molar-refractivity contribution in [3.63, 3.8) is 0 Å². The summed E-state index contributed by atoms with van der Waals surface area (Å²) >= 11 is 5.81. The Morgan fingerprint density at radius 3 is 2.33 bits per heavy atom. The molecule has 0 aliphatic carbocycles. The number of benzene rings is 2. The van der Waals surface area contributed by atoms with Gasteiger partial charge in [-0.05, 0) is 55.0 Å². The number of aryl methyl sites for hydroxylation is 1. The van der Waals surface area contributed by atoms with Crippen molar-refractivity contribution in [2.45, 2.75) is 6.92 Å². The van der Waals surface area contributed by atoms with E-state index < -0.39 is 0 Å². The summed E-state index contributed by atoms with van der Waals surface area (Å²) in [4.78, 5) is 12.3. The molecule has 0 unspecified atom stereocenters. The zero-order valence-electron chi connectivity index (χ0n) is 10.2. The van der Waals surface area contributed by atoms with Gasteiger partial charge in [-0.3, -0.25) is 4.79 Å². The van der Waals surface area contributed by atoms with Crippen molar-refractivity contribution in [1.29, 1.82) is 0 Å². The normalized spacial score (nSPS) is 10.2. The smallest absolute Gasteiger partial charge is 0.193 e. The molecule has 0 bridgehead atoms. The average Bonchev–Trinajstić information content (AvgIpc) is 2.38. The lowest BCUT2D eigenvalue weighted by Gasteiger charge is -2.07. The van der Waals surface area contributed by atoms with E-state index in [1.807, 2.05) is 13.0 Å². The summed E-state index contributed by atoms with van der Waals surface area (Å²) in [6.45, 7) is 1.89. The van der Waals surface area contributed by atoms with Crippen LogP contribution >= 0.6 is 11.6 Å². The molecule has 0 aliphatic heterocycles. The second kappa shape index (κ2) is 5.23. The minimum absolute atomic E-state index is 0.00757. The van der Waals surface area contributed by atoms with Crippen molar-refractivity contribution in [1.82, 2.24) is 0 Å². The Morgan fingerprint density at radius 2 is 1.78 bits per heavy atom. The first kappa shape index (κ1) is 12.7. The van der Waals surface area contributed by atoms with Crippen molar-refractivity contribution in [3.8, 4) is 5.75 Å². The summed E-state index contributed by atoms with van der Waals surface area (Å²) in [6.07, 6.45) is 0. The van der Waals surface area contributed by atoms with Crippen molar-refractivity contribution in [2.75, 3.05) is 7.11 Å². The summed E-state index contributed by atoms with van der Waals surface area (Å²) < 4.78 is 5.12. The van der Waals surface area contributed by atoms with E-state index >= 15 is 0 Å². The van der Waals surface area contributed by atoms with E-state index in [9.17, 15) is 4.79 Å². The number of ether oxygens (including phenoxy) is 1. The fourth-order valence-corrected chi connectivity index (χ4v) is 1.90. The Kier molecular flexibility index (Phi) is 3.68. The predicted octanol–water partition coefficient (Wildman–Crippen LogP) is 3.89. The maximum absolute atomic E-state index is 12.3. The number of halogens is 1. The van der Waals surface area contributed by atoms with Crippen LogP contribution in [0.3, 0.4) is 0 Å². The van der Waals surface area contributed by atoms with E-state index in [1.165, 1.54) is 0 Å². The van der Waals surface area contributed by atoms with E-state index in [1.54, 1.807) is 43.5 Å². The Bertz CT molecular complexity index is 574. The lowest BCUT2D eigenvalue weighted by molar-refractivity contribution is 0.103. The van der Waals surface area contributed by atoms with E-state index in [0.717, 1.165) is 11.3 Å². The highest BCUT2D eigenvalue weighted by atomic mass is 35.5. The Balaban J connectivity index is 2.37. The number of carbonyl (C=O) groups excluding carboxylic acids is 1. The average molecular weight is 261 g/mol. The maximum atomic E-state index is 12.3. The molecule has 0 fully saturated rings. The standard InChI is InChI=1S/C15H13ClO2/c1-10-9-13(18-2)7-8-14(10)15(17)11-3-5-12(16)6-4-11/h3-9H,1-2H3. The molecular weight excluding hydrogens is 248 g/mol. The number of rotatable bonds is 3. The van der Waals surface area contributed by atoms with E-state index in [-0.39, 0.29) is 5.78 Å². The van der Waals surface area contributed by atoms with Crippen LogP contribution in [0.1, 0.15) is 21.5 Å². The molecule has 2 aromatic rings. The zero-order valence-corrected chi connectivity index (χ0v) is 11.0. The Morgan fingerprint density at radius 1 is 1.11 bits per heavy atom. The number of ketones is 1. The lowest BCUT2D eigenvalue weighted by Crippen LogP contribution is -2.03. The van der Waals surface area contributed by atoms with Crippen molar-refractivity contribution in [3.05, 3.63) is 64.2 Å². The SMILES string of the molecule is COc1ccc(C(=O)c2ccc(Cl)cc2)c(C)c1. The van der Waals surface area contributed by atoms with Gasteiger partial charge in [-0.25, -0.2) is 0 Å². The van der Waals surface area contributed by atoms with Gasteiger partial charge in [-0.15, -0.1) is 0 Å². The van der Waals surface area contributed by atoms with Crippen LogP contribution in [0.5, 0.6) is 5.75 Å². The summed E-state index contributed by atoms with van der Waals surface area (Å²) in [7, 11) is 1.61. The number of carbonyl (C=O) groups is 1. The third-order valence-electron chi connectivity index (χ3n) is 2.78. The monoisotopic (exact) mass is 260 g/mol. The quantitative estimate of drug-likeness (QED) is 0.783. The van der Waals surface area contributed by atoms with Gasteiger partial charge in [0, 0.05) is 16.1 Å². The van der Waals surface area contributed by atoms with E-state index in [2.05, 4.69) is 0 Å². The second-order valence-corrected chi connectivity index (χ2v) is 4.45. The van der Waals surface area contributed by atoms with Gasteiger partial charge in [-0.1, -0.05) is 11.6 Å². The molecule has 2 nitrogen and oxygen atoms in total. The largest absolute Gasteiger partial charge is 0.497 e. The van der Waals surface area contributed by atoms with E-state index in [4.69, 9.17) is 16.3 Å². The van der Waals surface area contributed by atoms with Crippen LogP contribution in [-0.2, 0) is 0 Å². The van der Waals surface area contributed by atoms with Gasteiger partial charge in [0.05, 0.1) is 7.11 Å². The number of hydrogen-bond acceptors (Lipinski definition) is 2. The molecule has 0 aliphatic rings. The molecule has 0 aromatic heterocycles. The van der Waals surface area contributed by atoms with Crippen molar-refractivity contribution >= 4 is 17.4 Å². The minimum atomic E-state index is -0.00757. The van der Waals surface area contributed by atoms with Crippen LogP contribution in [-0.4, -0.2) is 12.9 Å². The zero-order chi connectivity index (χ0) is 13.1. The molecule has 2 aromatic carbocycles. The van der Waals surface area contributed by atoms with Gasteiger partial charge in [0.25, 0.3) is 0 Å². The van der Waals surface area contributed by atoms with E-state index in [0.29, 0.717) is 16.1 Å². The molecular formula is C15H13ClO2. The highest BCUT2D eigenvalue weighted by Crippen LogP contribution is 2.20. The van der Waals surface area contributed by atoms with Gasteiger partial charge in [0.2, 0.25) is 0 Å². The summed E-state index contributed by atoms with van der Waals surface area (Å²) in [5, 5.41) is 0.623. The molecule has 0 saturated heterocycles. The Hall–Kier alpha value is -1.80. The van der Waals surface area contributed by atoms with Gasteiger partial charge in [0.1, 0.15) is 5.75 Å². The minimum Gasteiger partial charge on any atom is -0.497 e. The van der Waals surface area contributed by atoms with Gasteiger partial charge in [0.15, 0.2) is 5.78 Å². The molecule has 92 valence electrons. The molecule has 3 heteroatoms. The summed E-state index contributed by atoms with van der Waals surface area (Å²) in [5.74, 6) is 0.743. The summed E-state index contributed by atoms with van der Waals surface area (Å²) in [5.41, 5.74) is 2.21. The molecule has 0 radical (unpaired) electrons. The molecule has 0 saturated carbocycles. The maximum Gasteiger partial charge on any atom is 0.193 e. The predicted molar refractivity (Wildman–Crippen MR) is 72.6 cm³/mol. The highest BCUT2D eigenvalue weighted by molar-refractivity contribution is 6.30. The molecule has 2 rings (SSSR count). The molecule has 0 amide bonds. The first-order valence-corrected chi connectivity index (χ1v) is 5.94. The molecule has 0 spiro atoms. The third kappa shape index (κ3) is 2.54. The number of methoxy groups -OCH3 is 1. The second-order valence-electron chi connectivity index (χ2n) is 4.02. The first-order chi connectivity index (χ1) is 8.61. The van der Waals surface area contributed by atoms with Gasteiger partial charge >= 0.3 is 0 Å². The fraction of sp³-hybridized carbons (Fsp3) is 0.133. The van der Waals surface area contributed by atoms with Crippen molar-refractivity contribution in [2.24, 2.45) is 0 Å². The fourth-order valence-electron chi connectivity index (χ4n) is 1.77. The molecule has 0 atom stereocenters. The van der Waals surface area contributed by atoms with Crippen molar-refractivity contribution < 1.29 is 9.53 Å². The molecule has 18 heavy (non-hydrogen) atoms. The highest BCUT2D eigenvalue weighted by Gasteiger charge is 2.12. The van der Waals surface area contributed by atoms with Crippen LogP contribution in [0, 0.1) is 6.92 Å². The summed E-state index contributed by atoms with van der Waals surface area (Å²) in [6, 6.07) is 12.3. The van der Waals surface area contributed by atoms with Gasteiger partial charge < -0.3 is 4.74 Å². The van der Waals surface area contributed by atoms with Gasteiger partial charge in [-0.2, -0.15) is 0 Å². The molecule has 0 heterocycles.